The molecule has 0 atom stereocenters. The van der Waals surface area contributed by atoms with E-state index in [1.54, 1.807) is 33.7 Å². The number of aromatic nitrogens is 3. The Balaban J connectivity index is 1.28. The number of fused-ring (bicyclic) bond motifs is 4. The van der Waals surface area contributed by atoms with E-state index in [2.05, 4.69) is 10.1 Å². The number of furan rings is 1. The summed E-state index contributed by atoms with van der Waals surface area (Å²) < 4.78 is 30.5. The van der Waals surface area contributed by atoms with Gasteiger partial charge in [-0.15, -0.1) is 5.10 Å². The van der Waals surface area contributed by atoms with E-state index < -0.39 is 0 Å². The Bertz CT molecular complexity index is 1440. The van der Waals surface area contributed by atoms with Crippen molar-refractivity contribution in [1.82, 2.24) is 24.4 Å². The van der Waals surface area contributed by atoms with E-state index in [1.165, 1.54) is 18.3 Å². The second kappa shape index (κ2) is 8.90. The quantitative estimate of drug-likeness (QED) is 0.395. The van der Waals surface area contributed by atoms with Gasteiger partial charge in [-0.1, -0.05) is 0 Å². The minimum Gasteiger partial charge on any atom is -0.486 e. The third-order valence-electron chi connectivity index (χ3n) is 6.16. The molecule has 0 unspecified atom stereocenters. The van der Waals surface area contributed by atoms with Crippen molar-refractivity contribution in [2.24, 2.45) is 0 Å². The zero-order chi connectivity index (χ0) is 24.8. The van der Waals surface area contributed by atoms with Crippen LogP contribution in [0.5, 0.6) is 22.4 Å². The molecule has 0 aliphatic carbocycles. The van der Waals surface area contributed by atoms with Gasteiger partial charge in [0.05, 0.1) is 18.7 Å². The SMILES string of the molecule is COc1nn2cc(-c3cc4c(OCC(=O)N5CCN(C(C)=O)CC5)cc5c(c4o3)OCCO5)nc2s1. The lowest BCUT2D eigenvalue weighted by Crippen LogP contribution is -2.51. The zero-order valence-corrected chi connectivity index (χ0v) is 20.5. The molecule has 1 aromatic carbocycles. The Kier molecular flexibility index (Phi) is 5.55. The second-order valence-electron chi connectivity index (χ2n) is 8.35. The van der Waals surface area contributed by atoms with Gasteiger partial charge in [-0.05, 0) is 17.4 Å². The third kappa shape index (κ3) is 3.94. The summed E-state index contributed by atoms with van der Waals surface area (Å²) in [7, 11) is 1.56. The van der Waals surface area contributed by atoms with Gasteiger partial charge in [0.2, 0.25) is 16.6 Å². The van der Waals surface area contributed by atoms with Crippen molar-refractivity contribution in [3.8, 4) is 33.9 Å². The van der Waals surface area contributed by atoms with Gasteiger partial charge in [-0.3, -0.25) is 9.59 Å². The lowest BCUT2D eigenvalue weighted by Gasteiger charge is -2.34. The van der Waals surface area contributed by atoms with Crippen molar-refractivity contribution in [2.75, 3.05) is 53.1 Å². The first-order valence-corrected chi connectivity index (χ1v) is 12.2. The van der Waals surface area contributed by atoms with E-state index in [-0.39, 0.29) is 18.4 Å². The van der Waals surface area contributed by atoms with E-state index in [0.717, 1.165) is 0 Å². The lowest BCUT2D eigenvalue weighted by molar-refractivity contribution is -0.139. The molecule has 1 fully saturated rings. The predicted molar refractivity (Wildman–Crippen MR) is 128 cm³/mol. The predicted octanol–water partition coefficient (Wildman–Crippen LogP) is 2.05. The highest BCUT2D eigenvalue weighted by molar-refractivity contribution is 7.18. The Morgan fingerprint density at radius 1 is 1.11 bits per heavy atom. The third-order valence-corrected chi connectivity index (χ3v) is 7.04. The molecule has 2 amide bonds. The Labute approximate surface area is 208 Å². The van der Waals surface area contributed by atoms with E-state index in [4.69, 9.17) is 23.4 Å². The van der Waals surface area contributed by atoms with Crippen LogP contribution in [0.4, 0.5) is 0 Å². The number of rotatable bonds is 5. The summed E-state index contributed by atoms with van der Waals surface area (Å²) in [6.07, 6.45) is 1.75. The highest BCUT2D eigenvalue weighted by Gasteiger charge is 2.26. The molecule has 0 saturated carbocycles. The molecule has 2 aliphatic heterocycles. The van der Waals surface area contributed by atoms with Crippen molar-refractivity contribution in [3.05, 3.63) is 18.3 Å². The zero-order valence-electron chi connectivity index (χ0n) is 19.7. The van der Waals surface area contributed by atoms with Crippen LogP contribution in [0, 0.1) is 0 Å². The van der Waals surface area contributed by atoms with Gasteiger partial charge in [0.25, 0.3) is 11.1 Å². The number of benzene rings is 1. The fourth-order valence-corrected chi connectivity index (χ4v) is 4.99. The Morgan fingerprint density at radius 3 is 2.64 bits per heavy atom. The Morgan fingerprint density at radius 2 is 1.89 bits per heavy atom. The van der Waals surface area contributed by atoms with Crippen LogP contribution in [0.2, 0.25) is 0 Å². The van der Waals surface area contributed by atoms with E-state index in [1.807, 2.05) is 6.07 Å². The van der Waals surface area contributed by atoms with Crippen molar-refractivity contribution >= 4 is 39.1 Å². The fraction of sp³-hybridized carbons (Fsp3) is 0.391. The molecule has 188 valence electrons. The van der Waals surface area contributed by atoms with Crippen molar-refractivity contribution in [1.29, 1.82) is 0 Å². The number of ether oxygens (including phenoxy) is 4. The molecule has 6 rings (SSSR count). The van der Waals surface area contributed by atoms with Crippen LogP contribution in [0.25, 0.3) is 27.4 Å². The normalized spacial score (nSPS) is 15.5. The maximum atomic E-state index is 12.8. The summed E-state index contributed by atoms with van der Waals surface area (Å²) in [5.41, 5.74) is 1.05. The first kappa shape index (κ1) is 22.5. The van der Waals surface area contributed by atoms with Crippen LogP contribution >= 0.6 is 11.3 Å². The lowest BCUT2D eigenvalue weighted by atomic mass is 10.2. The molecule has 3 aromatic heterocycles. The highest BCUT2D eigenvalue weighted by Crippen LogP contribution is 2.46. The summed E-state index contributed by atoms with van der Waals surface area (Å²) in [4.78, 5) is 33.0. The molecule has 0 bridgehead atoms. The molecular weight excluding hydrogens is 490 g/mol. The number of piperazine rings is 1. The first-order valence-electron chi connectivity index (χ1n) is 11.4. The van der Waals surface area contributed by atoms with Gasteiger partial charge >= 0.3 is 0 Å². The topological polar surface area (TPSA) is 121 Å². The molecule has 5 heterocycles. The van der Waals surface area contributed by atoms with Crippen LogP contribution in [-0.2, 0) is 9.59 Å². The number of hydrogen-bond donors (Lipinski definition) is 0. The molecule has 4 aromatic rings. The number of imidazole rings is 1. The smallest absolute Gasteiger partial charge is 0.294 e. The van der Waals surface area contributed by atoms with Gasteiger partial charge in [-0.25, -0.2) is 9.50 Å². The molecule has 0 N–H and O–H groups in total. The molecule has 12 nitrogen and oxygen atoms in total. The van der Waals surface area contributed by atoms with Crippen molar-refractivity contribution in [2.45, 2.75) is 6.92 Å². The second-order valence-corrected chi connectivity index (χ2v) is 9.27. The fourth-order valence-electron chi connectivity index (χ4n) is 4.29. The van der Waals surface area contributed by atoms with Gasteiger partial charge in [0, 0.05) is 39.2 Å². The van der Waals surface area contributed by atoms with E-state index >= 15 is 0 Å². The summed E-state index contributed by atoms with van der Waals surface area (Å²) in [6, 6.07) is 3.53. The van der Waals surface area contributed by atoms with E-state index in [0.29, 0.717) is 89.2 Å². The van der Waals surface area contributed by atoms with Crippen LogP contribution in [0.3, 0.4) is 0 Å². The summed E-state index contributed by atoms with van der Waals surface area (Å²) in [5.74, 6) is 1.79. The standard InChI is InChI=1S/C23H23N5O7S/c1-13(29)26-3-5-27(6-4-26)19(30)12-34-16-10-18-21(33-8-7-32-18)20-14(16)9-17(35-20)15-11-28-22(24-15)36-23(25-28)31-2/h9-11H,3-8,12H2,1-2H3. The number of hydrogen-bond acceptors (Lipinski definition) is 10. The minimum absolute atomic E-state index is 0.0141. The summed E-state index contributed by atoms with van der Waals surface area (Å²) in [6.45, 7) is 4.16. The molecule has 0 radical (unpaired) electrons. The number of methoxy groups -OCH3 is 1. The summed E-state index contributed by atoms with van der Waals surface area (Å²) >= 11 is 1.32. The molecule has 1 saturated heterocycles. The van der Waals surface area contributed by atoms with Crippen molar-refractivity contribution in [3.63, 3.8) is 0 Å². The van der Waals surface area contributed by atoms with Gasteiger partial charge in [-0.2, -0.15) is 0 Å². The average Bonchev–Trinajstić information content (AvgIpc) is 3.60. The number of carbonyl (C=O) groups is 2. The van der Waals surface area contributed by atoms with E-state index in [9.17, 15) is 9.59 Å². The van der Waals surface area contributed by atoms with Crippen molar-refractivity contribution < 1.29 is 33.0 Å². The monoisotopic (exact) mass is 513 g/mol. The van der Waals surface area contributed by atoms with Gasteiger partial charge < -0.3 is 33.2 Å². The van der Waals surface area contributed by atoms with Crippen LogP contribution in [0.1, 0.15) is 6.92 Å². The maximum Gasteiger partial charge on any atom is 0.294 e. The number of carbonyl (C=O) groups excluding carboxylic acids is 2. The molecule has 13 heteroatoms. The maximum absolute atomic E-state index is 12.8. The van der Waals surface area contributed by atoms with Crippen LogP contribution in [-0.4, -0.2) is 89.3 Å². The largest absolute Gasteiger partial charge is 0.486 e. The average molecular weight is 514 g/mol. The Hall–Kier alpha value is -4.00. The van der Waals surface area contributed by atoms with Gasteiger partial charge in [0.1, 0.15) is 24.7 Å². The molecular formula is C23H23N5O7S. The number of nitrogens with zero attached hydrogens (tertiary/aromatic N) is 5. The number of amides is 2. The minimum atomic E-state index is -0.154. The van der Waals surface area contributed by atoms with Gasteiger partial charge in [0.15, 0.2) is 23.7 Å². The molecule has 36 heavy (non-hydrogen) atoms. The highest BCUT2D eigenvalue weighted by atomic mass is 32.1. The summed E-state index contributed by atoms with van der Waals surface area (Å²) in [5, 5.41) is 5.46. The first-order chi connectivity index (χ1) is 17.5. The van der Waals surface area contributed by atoms with Crippen LogP contribution in [0.15, 0.2) is 22.7 Å². The van der Waals surface area contributed by atoms with Crippen LogP contribution < -0.4 is 18.9 Å². The molecule has 2 aliphatic rings. The molecule has 0 spiro atoms.